The third kappa shape index (κ3) is 4.25. The van der Waals surface area contributed by atoms with Crippen LogP contribution < -0.4 is 16.0 Å². The van der Waals surface area contributed by atoms with Crippen LogP contribution in [0.5, 0.6) is 0 Å². The molecule has 146 valence electrons. The molecule has 0 aromatic carbocycles. The Bertz CT molecular complexity index is 593. The number of anilines is 1. The maximum atomic E-state index is 12.5. The molecule has 4 unspecified atom stereocenters. The summed E-state index contributed by atoms with van der Waals surface area (Å²) in [6.45, 7) is 3.79. The zero-order valence-corrected chi connectivity index (χ0v) is 16.4. The summed E-state index contributed by atoms with van der Waals surface area (Å²) < 4.78 is 5.36. The molecule has 4 rings (SSSR count). The number of amides is 1. The normalized spacial score (nSPS) is 29.7. The lowest BCUT2D eigenvalue weighted by molar-refractivity contribution is -0.127. The van der Waals surface area contributed by atoms with E-state index in [2.05, 4.69) is 15.2 Å². The number of nitrogens with one attached hydrogen (secondary N) is 1. The summed E-state index contributed by atoms with van der Waals surface area (Å²) in [5, 5.41) is 3.06. The van der Waals surface area contributed by atoms with Gasteiger partial charge in [-0.15, -0.1) is 24.8 Å². The van der Waals surface area contributed by atoms with Crippen LogP contribution >= 0.6 is 24.8 Å². The van der Waals surface area contributed by atoms with Gasteiger partial charge >= 0.3 is 0 Å². The number of pyridine rings is 1. The summed E-state index contributed by atoms with van der Waals surface area (Å²) in [6.07, 6.45) is 5.34. The van der Waals surface area contributed by atoms with Crippen molar-refractivity contribution in [2.24, 2.45) is 23.5 Å². The van der Waals surface area contributed by atoms with E-state index in [9.17, 15) is 4.79 Å². The predicted octanol–water partition coefficient (Wildman–Crippen LogP) is 1.75. The second-order valence-corrected chi connectivity index (χ2v) is 7.28. The Labute approximate surface area is 167 Å². The highest BCUT2D eigenvalue weighted by Crippen LogP contribution is 2.47. The van der Waals surface area contributed by atoms with Gasteiger partial charge in [0.15, 0.2) is 0 Å². The van der Waals surface area contributed by atoms with E-state index in [1.54, 1.807) is 0 Å². The molecule has 4 atom stereocenters. The highest BCUT2D eigenvalue weighted by molar-refractivity contribution is 5.85. The smallest absolute Gasteiger partial charge is 0.225 e. The second-order valence-electron chi connectivity index (χ2n) is 7.28. The fraction of sp³-hybridized carbons (Fsp3) is 0.667. The van der Waals surface area contributed by atoms with Gasteiger partial charge in [-0.3, -0.25) is 4.79 Å². The number of nitrogens with zero attached hydrogens (tertiary/aromatic N) is 2. The first-order valence-corrected chi connectivity index (χ1v) is 9.03. The number of fused-ring (bicyclic) bond motifs is 2. The first kappa shape index (κ1) is 21.2. The summed E-state index contributed by atoms with van der Waals surface area (Å²) in [5.74, 6) is 2.15. The van der Waals surface area contributed by atoms with E-state index >= 15 is 0 Å². The Morgan fingerprint density at radius 2 is 1.96 bits per heavy atom. The molecule has 2 saturated carbocycles. The summed E-state index contributed by atoms with van der Waals surface area (Å²) >= 11 is 0. The summed E-state index contributed by atoms with van der Waals surface area (Å²) in [5.41, 5.74) is 7.27. The number of rotatable bonds is 4. The van der Waals surface area contributed by atoms with Gasteiger partial charge in [-0.25, -0.2) is 4.98 Å². The molecule has 0 spiro atoms. The van der Waals surface area contributed by atoms with Crippen molar-refractivity contribution < 1.29 is 9.53 Å². The Kier molecular flexibility index (Phi) is 7.52. The molecule has 2 bridgehead atoms. The van der Waals surface area contributed by atoms with Crippen LogP contribution in [0.1, 0.15) is 24.8 Å². The van der Waals surface area contributed by atoms with E-state index in [0.29, 0.717) is 18.4 Å². The Morgan fingerprint density at radius 1 is 1.23 bits per heavy atom. The SMILES string of the molecule is Cl.Cl.NC1C2CCC(C2)C1C(=O)NCc1ccc(N2CCOCC2)nc1. The van der Waals surface area contributed by atoms with Gasteiger partial charge in [-0.1, -0.05) is 6.07 Å². The van der Waals surface area contributed by atoms with Gasteiger partial charge in [0.05, 0.1) is 19.1 Å². The molecule has 2 heterocycles. The lowest BCUT2D eigenvalue weighted by atomic mass is 9.84. The van der Waals surface area contributed by atoms with Gasteiger partial charge < -0.3 is 20.7 Å². The zero-order chi connectivity index (χ0) is 16.5. The lowest BCUT2D eigenvalue weighted by Gasteiger charge is -2.28. The summed E-state index contributed by atoms with van der Waals surface area (Å²) in [4.78, 5) is 19.2. The third-order valence-electron chi connectivity index (χ3n) is 5.89. The first-order chi connectivity index (χ1) is 11.7. The number of carbonyl (C=O) groups is 1. The average Bonchev–Trinajstić information content (AvgIpc) is 3.22. The molecule has 1 aromatic rings. The van der Waals surface area contributed by atoms with Crippen molar-refractivity contribution in [3.8, 4) is 0 Å². The van der Waals surface area contributed by atoms with Crippen molar-refractivity contribution >= 4 is 36.5 Å². The van der Waals surface area contributed by atoms with Gasteiger partial charge in [-0.2, -0.15) is 0 Å². The monoisotopic (exact) mass is 402 g/mol. The van der Waals surface area contributed by atoms with E-state index in [-0.39, 0.29) is 42.7 Å². The first-order valence-electron chi connectivity index (χ1n) is 9.03. The lowest BCUT2D eigenvalue weighted by Crippen LogP contribution is -2.45. The minimum absolute atomic E-state index is 0. The van der Waals surface area contributed by atoms with E-state index in [4.69, 9.17) is 10.5 Å². The number of aromatic nitrogens is 1. The number of nitrogens with two attached hydrogens (primary N) is 1. The number of morpholine rings is 1. The maximum Gasteiger partial charge on any atom is 0.225 e. The van der Waals surface area contributed by atoms with Crippen LogP contribution in [0.4, 0.5) is 5.82 Å². The molecular formula is C18H28Cl2N4O2. The third-order valence-corrected chi connectivity index (χ3v) is 5.89. The minimum Gasteiger partial charge on any atom is -0.378 e. The zero-order valence-electron chi connectivity index (χ0n) is 14.8. The van der Waals surface area contributed by atoms with Crippen LogP contribution in [0, 0.1) is 17.8 Å². The van der Waals surface area contributed by atoms with E-state index in [1.807, 2.05) is 18.3 Å². The topological polar surface area (TPSA) is 80.5 Å². The Hall–Kier alpha value is -1.08. The Morgan fingerprint density at radius 3 is 2.58 bits per heavy atom. The molecule has 2 aliphatic carbocycles. The van der Waals surface area contributed by atoms with Crippen molar-refractivity contribution in [1.82, 2.24) is 10.3 Å². The molecule has 1 aliphatic heterocycles. The van der Waals surface area contributed by atoms with Crippen LogP contribution in [0.2, 0.25) is 0 Å². The van der Waals surface area contributed by atoms with Crippen molar-refractivity contribution in [3.63, 3.8) is 0 Å². The number of carbonyl (C=O) groups excluding carboxylic acids is 1. The van der Waals surface area contributed by atoms with Gasteiger partial charge in [-0.05, 0) is 42.7 Å². The number of hydrogen-bond donors (Lipinski definition) is 2. The van der Waals surface area contributed by atoms with Crippen LogP contribution in [0.15, 0.2) is 18.3 Å². The van der Waals surface area contributed by atoms with E-state index < -0.39 is 0 Å². The molecule has 1 aromatic heterocycles. The van der Waals surface area contributed by atoms with Crippen LogP contribution in [-0.2, 0) is 16.1 Å². The Balaban J connectivity index is 0.00000121. The quantitative estimate of drug-likeness (QED) is 0.801. The summed E-state index contributed by atoms with van der Waals surface area (Å²) in [7, 11) is 0. The molecule has 8 heteroatoms. The van der Waals surface area contributed by atoms with Crippen molar-refractivity contribution in [3.05, 3.63) is 23.9 Å². The molecule has 6 nitrogen and oxygen atoms in total. The molecule has 3 N–H and O–H groups in total. The van der Waals surface area contributed by atoms with Gasteiger partial charge in [0.2, 0.25) is 5.91 Å². The van der Waals surface area contributed by atoms with Crippen molar-refractivity contribution in [1.29, 1.82) is 0 Å². The fourth-order valence-electron chi connectivity index (χ4n) is 4.53. The fourth-order valence-corrected chi connectivity index (χ4v) is 4.53. The highest BCUT2D eigenvalue weighted by atomic mass is 35.5. The number of ether oxygens (including phenoxy) is 1. The van der Waals surface area contributed by atoms with Crippen LogP contribution in [0.25, 0.3) is 0 Å². The molecule has 1 amide bonds. The average molecular weight is 403 g/mol. The number of hydrogen-bond acceptors (Lipinski definition) is 5. The molecule has 3 aliphatic rings. The van der Waals surface area contributed by atoms with Crippen molar-refractivity contribution in [2.45, 2.75) is 31.8 Å². The van der Waals surface area contributed by atoms with Gasteiger partial charge in [0.1, 0.15) is 5.82 Å². The highest BCUT2D eigenvalue weighted by Gasteiger charge is 2.48. The maximum absolute atomic E-state index is 12.5. The molecule has 0 radical (unpaired) electrons. The van der Waals surface area contributed by atoms with Crippen molar-refractivity contribution in [2.75, 3.05) is 31.2 Å². The minimum atomic E-state index is 0. The molecule has 1 saturated heterocycles. The van der Waals surface area contributed by atoms with Gasteiger partial charge in [0, 0.05) is 31.9 Å². The van der Waals surface area contributed by atoms with E-state index in [1.165, 1.54) is 6.42 Å². The van der Waals surface area contributed by atoms with Crippen LogP contribution in [-0.4, -0.2) is 43.2 Å². The molecule has 3 fully saturated rings. The van der Waals surface area contributed by atoms with Gasteiger partial charge in [0.25, 0.3) is 0 Å². The second kappa shape index (κ2) is 9.22. The molecule has 26 heavy (non-hydrogen) atoms. The largest absolute Gasteiger partial charge is 0.378 e. The number of halogens is 2. The van der Waals surface area contributed by atoms with Crippen LogP contribution in [0.3, 0.4) is 0 Å². The standard InChI is InChI=1S/C18H26N4O2.2ClH/c19-17-14-3-2-13(9-14)16(17)18(23)21-11-12-1-4-15(20-10-12)22-5-7-24-8-6-22;;/h1,4,10,13-14,16-17H,2-3,5-9,11,19H2,(H,21,23);2*1H. The molecular weight excluding hydrogens is 375 g/mol. The predicted molar refractivity (Wildman–Crippen MR) is 106 cm³/mol. The summed E-state index contributed by atoms with van der Waals surface area (Å²) in [6, 6.07) is 4.11. The van der Waals surface area contributed by atoms with E-state index in [0.717, 1.165) is 50.5 Å².